The van der Waals surface area contributed by atoms with Gasteiger partial charge in [0.1, 0.15) is 5.56 Å². The summed E-state index contributed by atoms with van der Waals surface area (Å²) in [5.74, 6) is -1.14. The number of amides is 1. The Labute approximate surface area is 120 Å². The van der Waals surface area contributed by atoms with Crippen LogP contribution in [0.15, 0.2) is 30.5 Å². The molecule has 1 aromatic heterocycles. The zero-order valence-corrected chi connectivity index (χ0v) is 11.4. The van der Waals surface area contributed by atoms with Gasteiger partial charge in [-0.2, -0.15) is 5.10 Å². The zero-order valence-electron chi connectivity index (χ0n) is 11.4. The van der Waals surface area contributed by atoms with Crippen LogP contribution in [0.5, 0.6) is 0 Å². The number of nitrogens with one attached hydrogen (secondary N) is 1. The highest BCUT2D eigenvalue weighted by molar-refractivity contribution is 6.01. The number of hydrogen-bond acceptors (Lipinski definition) is 4. The summed E-state index contributed by atoms with van der Waals surface area (Å²) in [5.41, 5.74) is 2.32. The van der Waals surface area contributed by atoms with Gasteiger partial charge in [-0.15, -0.1) is 0 Å². The molecule has 2 aromatic rings. The van der Waals surface area contributed by atoms with Crippen LogP contribution in [0.1, 0.15) is 16.1 Å². The molecule has 0 aliphatic carbocycles. The predicted octanol–water partition coefficient (Wildman–Crippen LogP) is 1.08. The van der Waals surface area contributed by atoms with Gasteiger partial charge in [-0.1, -0.05) is 12.1 Å². The van der Waals surface area contributed by atoms with E-state index in [1.807, 2.05) is 29.2 Å². The van der Waals surface area contributed by atoms with Gasteiger partial charge in [-0.25, -0.2) is 4.79 Å². The van der Waals surface area contributed by atoms with E-state index in [0.717, 1.165) is 11.4 Å². The lowest BCUT2D eigenvalue weighted by molar-refractivity contribution is -0.115. The minimum absolute atomic E-state index is 0.118. The summed E-state index contributed by atoms with van der Waals surface area (Å²) >= 11 is 0. The fourth-order valence-electron chi connectivity index (χ4n) is 2.45. The molecule has 0 unspecified atom stereocenters. The molecule has 1 amide bonds. The van der Waals surface area contributed by atoms with Crippen LogP contribution >= 0.6 is 0 Å². The summed E-state index contributed by atoms with van der Waals surface area (Å²) in [4.78, 5) is 24.9. The lowest BCUT2D eigenvalue weighted by Gasteiger charge is -2.30. The third-order valence-electron chi connectivity index (χ3n) is 3.49. The molecule has 0 spiro atoms. The van der Waals surface area contributed by atoms with Crippen LogP contribution in [0, 0.1) is 0 Å². The van der Waals surface area contributed by atoms with E-state index in [1.54, 1.807) is 7.05 Å². The highest BCUT2D eigenvalue weighted by Gasteiger charge is 2.24. The Morgan fingerprint density at radius 2 is 2.19 bits per heavy atom. The number of carbonyl (C=O) groups excluding carboxylic acids is 1. The van der Waals surface area contributed by atoms with E-state index >= 15 is 0 Å². The number of fused-ring (bicyclic) bond motifs is 1. The maximum Gasteiger partial charge on any atom is 0.339 e. The standard InChI is InChI=1S/C14H14N4O3/c1-17-12(9(6-15-17)14(20)21)7-18-8-13(19)16-10-4-2-3-5-11(10)18/h2-6H,7-8H2,1H3,(H,16,19)(H,20,21). The molecule has 7 heteroatoms. The summed E-state index contributed by atoms with van der Waals surface area (Å²) in [5, 5.41) is 16.0. The molecule has 0 radical (unpaired) electrons. The molecule has 0 saturated heterocycles. The number of carboxylic acids is 1. The third-order valence-corrected chi connectivity index (χ3v) is 3.49. The minimum atomic E-state index is -1.02. The molecular formula is C14H14N4O3. The maximum absolute atomic E-state index is 11.8. The van der Waals surface area contributed by atoms with Crippen molar-refractivity contribution in [2.75, 3.05) is 16.8 Å². The molecule has 0 atom stereocenters. The molecule has 2 N–H and O–H groups in total. The van der Waals surface area contributed by atoms with Crippen molar-refractivity contribution in [3.05, 3.63) is 41.7 Å². The summed E-state index contributed by atoms with van der Waals surface area (Å²) in [7, 11) is 1.69. The Morgan fingerprint density at radius 1 is 1.43 bits per heavy atom. The van der Waals surface area contributed by atoms with E-state index in [0.29, 0.717) is 12.2 Å². The monoisotopic (exact) mass is 286 g/mol. The highest BCUT2D eigenvalue weighted by Crippen LogP contribution is 2.30. The molecule has 2 heterocycles. The molecule has 108 valence electrons. The number of aromatic carboxylic acids is 1. The van der Waals surface area contributed by atoms with E-state index < -0.39 is 5.97 Å². The van der Waals surface area contributed by atoms with Crippen molar-refractivity contribution in [2.45, 2.75) is 6.54 Å². The van der Waals surface area contributed by atoms with Crippen LogP contribution in [-0.2, 0) is 18.4 Å². The van der Waals surface area contributed by atoms with Gasteiger partial charge in [0, 0.05) is 7.05 Å². The smallest absolute Gasteiger partial charge is 0.339 e. The molecule has 3 rings (SSSR count). The number of aromatic nitrogens is 2. The number of rotatable bonds is 3. The van der Waals surface area contributed by atoms with Crippen LogP contribution in [0.2, 0.25) is 0 Å². The van der Waals surface area contributed by atoms with Crippen molar-refractivity contribution in [1.29, 1.82) is 0 Å². The molecular weight excluding hydrogens is 272 g/mol. The lowest BCUT2D eigenvalue weighted by Crippen LogP contribution is -2.38. The van der Waals surface area contributed by atoms with Gasteiger partial charge >= 0.3 is 5.97 Å². The normalized spacial score (nSPS) is 13.8. The molecule has 21 heavy (non-hydrogen) atoms. The van der Waals surface area contributed by atoms with Crippen molar-refractivity contribution in [1.82, 2.24) is 9.78 Å². The summed E-state index contributed by atoms with van der Waals surface area (Å²) in [6.45, 7) is 0.490. The average Bonchev–Trinajstić information content (AvgIpc) is 2.80. The molecule has 1 aliphatic rings. The van der Waals surface area contributed by atoms with Crippen LogP contribution in [0.25, 0.3) is 0 Å². The number of anilines is 2. The molecule has 0 bridgehead atoms. The Kier molecular flexibility index (Phi) is 3.09. The van der Waals surface area contributed by atoms with E-state index in [9.17, 15) is 14.7 Å². The van der Waals surface area contributed by atoms with Crippen molar-refractivity contribution in [3.63, 3.8) is 0 Å². The van der Waals surface area contributed by atoms with E-state index in [4.69, 9.17) is 0 Å². The summed E-state index contributed by atoms with van der Waals surface area (Å²) in [6, 6.07) is 7.44. The number of para-hydroxylation sites is 2. The van der Waals surface area contributed by atoms with Gasteiger partial charge in [0.15, 0.2) is 0 Å². The second kappa shape index (κ2) is 4.93. The molecule has 0 fully saturated rings. The van der Waals surface area contributed by atoms with Crippen LogP contribution in [0.4, 0.5) is 11.4 Å². The Bertz CT molecular complexity index is 723. The van der Waals surface area contributed by atoms with E-state index in [1.165, 1.54) is 10.9 Å². The number of benzene rings is 1. The molecule has 1 aromatic carbocycles. The quantitative estimate of drug-likeness (QED) is 0.881. The SMILES string of the molecule is Cn1ncc(C(=O)O)c1CN1CC(=O)Nc2ccccc21. The van der Waals surface area contributed by atoms with Gasteiger partial charge in [-0.3, -0.25) is 9.48 Å². The number of aryl methyl sites for hydroxylation is 1. The highest BCUT2D eigenvalue weighted by atomic mass is 16.4. The van der Waals surface area contributed by atoms with Gasteiger partial charge in [0.05, 0.1) is 36.4 Å². The van der Waals surface area contributed by atoms with Crippen molar-refractivity contribution >= 4 is 23.3 Å². The predicted molar refractivity (Wildman–Crippen MR) is 76.3 cm³/mol. The first-order valence-electron chi connectivity index (χ1n) is 6.44. The van der Waals surface area contributed by atoms with Gasteiger partial charge in [-0.05, 0) is 12.1 Å². The topological polar surface area (TPSA) is 87.5 Å². The zero-order chi connectivity index (χ0) is 15.0. The molecule has 0 saturated carbocycles. The number of carboxylic acid groups (broad SMARTS) is 1. The number of carbonyl (C=O) groups is 2. The fourth-order valence-corrected chi connectivity index (χ4v) is 2.45. The van der Waals surface area contributed by atoms with Crippen molar-refractivity contribution in [2.24, 2.45) is 7.05 Å². The van der Waals surface area contributed by atoms with E-state index in [-0.39, 0.29) is 18.0 Å². The van der Waals surface area contributed by atoms with E-state index in [2.05, 4.69) is 10.4 Å². The Balaban J connectivity index is 1.98. The maximum atomic E-state index is 11.8. The van der Waals surface area contributed by atoms with Crippen LogP contribution in [0.3, 0.4) is 0 Å². The first-order valence-corrected chi connectivity index (χ1v) is 6.44. The van der Waals surface area contributed by atoms with Gasteiger partial charge < -0.3 is 15.3 Å². The van der Waals surface area contributed by atoms with Gasteiger partial charge in [0.25, 0.3) is 0 Å². The Hall–Kier alpha value is -2.83. The molecule has 7 nitrogen and oxygen atoms in total. The minimum Gasteiger partial charge on any atom is -0.478 e. The van der Waals surface area contributed by atoms with Crippen molar-refractivity contribution < 1.29 is 14.7 Å². The largest absolute Gasteiger partial charge is 0.478 e. The first kappa shape index (κ1) is 13.2. The second-order valence-corrected chi connectivity index (χ2v) is 4.86. The number of nitrogens with zero attached hydrogens (tertiary/aromatic N) is 3. The lowest BCUT2D eigenvalue weighted by atomic mass is 10.1. The first-order chi connectivity index (χ1) is 10.1. The van der Waals surface area contributed by atoms with Gasteiger partial charge in [0.2, 0.25) is 5.91 Å². The Morgan fingerprint density at radius 3 is 2.95 bits per heavy atom. The molecule has 1 aliphatic heterocycles. The summed E-state index contributed by atoms with van der Waals surface area (Å²) in [6.07, 6.45) is 1.33. The van der Waals surface area contributed by atoms with Crippen LogP contribution < -0.4 is 10.2 Å². The fraction of sp³-hybridized carbons (Fsp3) is 0.214. The number of hydrogen-bond donors (Lipinski definition) is 2. The third kappa shape index (κ3) is 2.33. The average molecular weight is 286 g/mol. The van der Waals surface area contributed by atoms with Crippen LogP contribution in [-0.4, -0.2) is 33.3 Å². The van der Waals surface area contributed by atoms with Crippen molar-refractivity contribution in [3.8, 4) is 0 Å². The second-order valence-electron chi connectivity index (χ2n) is 4.86. The summed E-state index contributed by atoms with van der Waals surface area (Å²) < 4.78 is 1.53.